The number of anilines is 1. The second-order valence-electron chi connectivity index (χ2n) is 6.68. The highest BCUT2D eigenvalue weighted by Crippen LogP contribution is 2.38. The highest BCUT2D eigenvalue weighted by Gasteiger charge is 2.16. The van der Waals surface area contributed by atoms with E-state index >= 15 is 0 Å². The predicted molar refractivity (Wildman–Crippen MR) is 124 cm³/mol. The van der Waals surface area contributed by atoms with Crippen LogP contribution >= 0.6 is 34.8 Å². The molecule has 2 N–H and O–H groups in total. The van der Waals surface area contributed by atoms with Crippen LogP contribution in [0.3, 0.4) is 0 Å². The lowest BCUT2D eigenvalue weighted by atomic mass is 10.1. The minimum atomic E-state index is -1.10. The minimum absolute atomic E-state index is 0.0235. The monoisotopic (exact) mass is 497 g/mol. The number of carboxylic acids is 1. The standard InChI is InChI=1S/C23H19Cl3FNO4/c1-2-31-21-9-13(11-28-14-6-7-15(23(29)30)18(25)10-14)8-19(26)22(21)32-12-16-17(24)4-3-5-20(16)27/h3-10,28H,2,11-12H2,1H3,(H,29,30). The van der Waals surface area contributed by atoms with E-state index in [1.807, 2.05) is 6.92 Å². The van der Waals surface area contributed by atoms with Crippen LogP contribution in [0, 0.1) is 5.82 Å². The van der Waals surface area contributed by atoms with Crippen molar-refractivity contribution >= 4 is 46.5 Å². The van der Waals surface area contributed by atoms with Gasteiger partial charge in [0.1, 0.15) is 12.4 Å². The van der Waals surface area contributed by atoms with Gasteiger partial charge in [-0.3, -0.25) is 0 Å². The molecule has 3 aromatic rings. The SMILES string of the molecule is CCOc1cc(CNc2ccc(C(=O)O)c(Cl)c2)cc(Cl)c1OCc1c(F)cccc1Cl. The van der Waals surface area contributed by atoms with Gasteiger partial charge in [0.2, 0.25) is 0 Å². The van der Waals surface area contributed by atoms with Crippen LogP contribution in [0.5, 0.6) is 11.5 Å². The smallest absolute Gasteiger partial charge is 0.337 e. The number of aromatic carboxylic acids is 1. The molecule has 9 heteroatoms. The number of halogens is 4. The van der Waals surface area contributed by atoms with Crippen molar-refractivity contribution in [2.24, 2.45) is 0 Å². The highest BCUT2D eigenvalue weighted by molar-refractivity contribution is 6.34. The Hall–Kier alpha value is -2.67. The Balaban J connectivity index is 1.77. The fourth-order valence-electron chi connectivity index (χ4n) is 2.94. The summed E-state index contributed by atoms with van der Waals surface area (Å²) in [5.41, 5.74) is 1.67. The van der Waals surface area contributed by atoms with Crippen molar-refractivity contribution < 1.29 is 23.8 Å². The van der Waals surface area contributed by atoms with Gasteiger partial charge in [-0.15, -0.1) is 0 Å². The molecule has 0 saturated heterocycles. The summed E-state index contributed by atoms with van der Waals surface area (Å²) in [6.45, 7) is 2.44. The molecule has 0 heterocycles. The molecule has 0 unspecified atom stereocenters. The zero-order valence-corrected chi connectivity index (χ0v) is 19.2. The van der Waals surface area contributed by atoms with Gasteiger partial charge in [0, 0.05) is 17.8 Å². The largest absolute Gasteiger partial charge is 0.490 e. The number of rotatable bonds is 9. The van der Waals surface area contributed by atoms with Crippen molar-refractivity contribution in [3.63, 3.8) is 0 Å². The zero-order chi connectivity index (χ0) is 23.3. The van der Waals surface area contributed by atoms with E-state index in [-0.39, 0.29) is 33.5 Å². The minimum Gasteiger partial charge on any atom is -0.490 e. The Morgan fingerprint density at radius 3 is 2.47 bits per heavy atom. The van der Waals surface area contributed by atoms with Gasteiger partial charge in [-0.2, -0.15) is 0 Å². The van der Waals surface area contributed by atoms with Crippen LogP contribution in [0.1, 0.15) is 28.4 Å². The summed E-state index contributed by atoms with van der Waals surface area (Å²) in [5.74, 6) is -0.879. The summed E-state index contributed by atoms with van der Waals surface area (Å²) in [4.78, 5) is 11.1. The van der Waals surface area contributed by atoms with E-state index in [1.54, 1.807) is 24.3 Å². The van der Waals surface area contributed by atoms with E-state index in [4.69, 9.17) is 49.4 Å². The van der Waals surface area contributed by atoms with E-state index < -0.39 is 11.8 Å². The first-order valence-electron chi connectivity index (χ1n) is 9.57. The first-order chi connectivity index (χ1) is 15.3. The maximum atomic E-state index is 14.0. The van der Waals surface area contributed by atoms with Crippen LogP contribution in [0.15, 0.2) is 48.5 Å². The Bertz CT molecular complexity index is 1120. The van der Waals surface area contributed by atoms with Gasteiger partial charge in [0.25, 0.3) is 0 Å². The van der Waals surface area contributed by atoms with Gasteiger partial charge in [-0.05, 0) is 55.0 Å². The molecule has 0 fully saturated rings. The maximum Gasteiger partial charge on any atom is 0.337 e. The molecule has 0 amide bonds. The number of carboxylic acid groups (broad SMARTS) is 1. The van der Waals surface area contributed by atoms with Gasteiger partial charge >= 0.3 is 5.97 Å². The van der Waals surface area contributed by atoms with Gasteiger partial charge in [-0.1, -0.05) is 40.9 Å². The zero-order valence-electron chi connectivity index (χ0n) is 16.9. The molecule has 168 valence electrons. The molecule has 32 heavy (non-hydrogen) atoms. The first-order valence-corrected chi connectivity index (χ1v) is 10.7. The Kier molecular flexibility index (Phi) is 8.07. The van der Waals surface area contributed by atoms with Gasteiger partial charge in [0.05, 0.1) is 27.2 Å². The van der Waals surface area contributed by atoms with Crippen LogP contribution in [-0.4, -0.2) is 17.7 Å². The molecule has 3 rings (SSSR count). The third-order valence-corrected chi connectivity index (χ3v) is 5.44. The maximum absolute atomic E-state index is 14.0. The number of hydrogen-bond acceptors (Lipinski definition) is 4. The Labute approximate surface area is 199 Å². The lowest BCUT2D eigenvalue weighted by molar-refractivity contribution is 0.0697. The van der Waals surface area contributed by atoms with Crippen molar-refractivity contribution in [2.45, 2.75) is 20.1 Å². The average Bonchev–Trinajstić information content (AvgIpc) is 2.73. The second kappa shape index (κ2) is 10.8. The second-order valence-corrected chi connectivity index (χ2v) is 7.90. The van der Waals surface area contributed by atoms with Crippen LogP contribution in [-0.2, 0) is 13.2 Å². The molecule has 0 aromatic heterocycles. The molecule has 0 aliphatic carbocycles. The van der Waals surface area contributed by atoms with E-state index in [0.717, 1.165) is 5.56 Å². The molecular weight excluding hydrogens is 480 g/mol. The summed E-state index contributed by atoms with van der Waals surface area (Å²) in [6, 6.07) is 12.4. The van der Waals surface area contributed by atoms with Crippen LogP contribution in [0.4, 0.5) is 10.1 Å². The molecule has 0 aliphatic heterocycles. The third kappa shape index (κ3) is 5.76. The number of nitrogens with one attached hydrogen (secondary N) is 1. The molecule has 0 aliphatic rings. The molecule has 0 spiro atoms. The fourth-order valence-corrected chi connectivity index (χ4v) is 3.71. The number of benzene rings is 3. The summed E-state index contributed by atoms with van der Waals surface area (Å²) in [6.07, 6.45) is 0. The van der Waals surface area contributed by atoms with E-state index in [2.05, 4.69) is 5.32 Å². The molecular formula is C23H19Cl3FNO4. The van der Waals surface area contributed by atoms with Crippen LogP contribution in [0.2, 0.25) is 15.1 Å². The summed E-state index contributed by atoms with van der Waals surface area (Å²) in [5, 5.41) is 12.9. The molecule has 3 aromatic carbocycles. The average molecular weight is 499 g/mol. The molecule has 5 nitrogen and oxygen atoms in total. The van der Waals surface area contributed by atoms with Crippen LogP contribution in [0.25, 0.3) is 0 Å². The molecule has 0 saturated carbocycles. The van der Waals surface area contributed by atoms with Crippen molar-refractivity contribution in [1.29, 1.82) is 0 Å². The summed E-state index contributed by atoms with van der Waals surface area (Å²) in [7, 11) is 0. The first kappa shape index (κ1) is 24.0. The number of carbonyl (C=O) groups is 1. The lowest BCUT2D eigenvalue weighted by Gasteiger charge is -2.16. The van der Waals surface area contributed by atoms with Crippen molar-refractivity contribution in [1.82, 2.24) is 0 Å². The quantitative estimate of drug-likeness (QED) is 0.330. The van der Waals surface area contributed by atoms with Crippen molar-refractivity contribution in [2.75, 3.05) is 11.9 Å². The van der Waals surface area contributed by atoms with Gasteiger partial charge in [0.15, 0.2) is 11.5 Å². The number of ether oxygens (including phenoxy) is 2. The fraction of sp³-hybridized carbons (Fsp3) is 0.174. The Morgan fingerprint density at radius 2 is 1.81 bits per heavy atom. The molecule has 0 bridgehead atoms. The topological polar surface area (TPSA) is 67.8 Å². The van der Waals surface area contributed by atoms with Gasteiger partial charge in [-0.25, -0.2) is 9.18 Å². The molecule has 0 radical (unpaired) electrons. The summed E-state index contributed by atoms with van der Waals surface area (Å²) >= 11 is 18.5. The van der Waals surface area contributed by atoms with Crippen LogP contribution < -0.4 is 14.8 Å². The van der Waals surface area contributed by atoms with E-state index in [0.29, 0.717) is 29.6 Å². The normalized spacial score (nSPS) is 10.7. The third-order valence-electron chi connectivity index (χ3n) is 4.49. The lowest BCUT2D eigenvalue weighted by Crippen LogP contribution is -2.05. The van der Waals surface area contributed by atoms with Crippen molar-refractivity contribution in [3.05, 3.63) is 86.1 Å². The summed E-state index contributed by atoms with van der Waals surface area (Å²) < 4.78 is 25.5. The van der Waals surface area contributed by atoms with Crippen molar-refractivity contribution in [3.8, 4) is 11.5 Å². The molecule has 0 atom stereocenters. The highest BCUT2D eigenvalue weighted by atomic mass is 35.5. The van der Waals surface area contributed by atoms with E-state index in [9.17, 15) is 9.18 Å². The number of hydrogen-bond donors (Lipinski definition) is 2. The Morgan fingerprint density at radius 1 is 1.03 bits per heavy atom. The predicted octanol–water partition coefficient (Wildman–Crippen LogP) is 7.07. The van der Waals surface area contributed by atoms with E-state index in [1.165, 1.54) is 24.3 Å². The van der Waals surface area contributed by atoms with Gasteiger partial charge < -0.3 is 19.9 Å².